The van der Waals surface area contributed by atoms with Gasteiger partial charge in [-0.1, -0.05) is 0 Å². The fourth-order valence-corrected chi connectivity index (χ4v) is 2.26. The summed E-state index contributed by atoms with van der Waals surface area (Å²) in [7, 11) is 1.54. The van der Waals surface area contributed by atoms with Crippen LogP contribution in [0.15, 0.2) is 23.1 Å². The van der Waals surface area contributed by atoms with E-state index in [1.54, 1.807) is 20.9 Å². The molecule has 1 heterocycles. The molecule has 1 aromatic carbocycles. The van der Waals surface area contributed by atoms with Gasteiger partial charge in [-0.3, -0.25) is 4.79 Å². The van der Waals surface area contributed by atoms with Gasteiger partial charge in [0.15, 0.2) is 0 Å². The van der Waals surface area contributed by atoms with Gasteiger partial charge >= 0.3 is 11.9 Å². The number of aryl methyl sites for hydroxylation is 1. The molecule has 0 saturated heterocycles. The number of hydrogen-bond acceptors (Lipinski definition) is 6. The van der Waals surface area contributed by atoms with E-state index in [9.17, 15) is 19.5 Å². The van der Waals surface area contributed by atoms with Gasteiger partial charge in [-0.05, 0) is 26.0 Å². The van der Waals surface area contributed by atoms with Crippen LogP contribution in [0, 0.1) is 0 Å². The van der Waals surface area contributed by atoms with Crippen LogP contribution >= 0.6 is 0 Å². The summed E-state index contributed by atoms with van der Waals surface area (Å²) in [4.78, 5) is 36.4. The van der Waals surface area contributed by atoms with E-state index in [-0.39, 0.29) is 35.1 Å². The van der Waals surface area contributed by atoms with Gasteiger partial charge in [-0.25, -0.2) is 9.59 Å². The van der Waals surface area contributed by atoms with E-state index in [1.807, 2.05) is 0 Å². The zero-order valence-electron chi connectivity index (χ0n) is 13.1. The molecule has 0 amide bonds. The summed E-state index contributed by atoms with van der Waals surface area (Å²) in [5.74, 6) is -2.18. The van der Waals surface area contributed by atoms with Crippen LogP contribution in [-0.4, -0.2) is 34.8 Å². The van der Waals surface area contributed by atoms with Crippen molar-refractivity contribution < 1.29 is 24.2 Å². The lowest BCUT2D eigenvalue weighted by molar-refractivity contribution is 0.0520. The van der Waals surface area contributed by atoms with Crippen LogP contribution in [0.2, 0.25) is 0 Å². The molecule has 2 rings (SSSR count). The predicted molar refractivity (Wildman–Crippen MR) is 82.8 cm³/mol. The minimum Gasteiger partial charge on any atom is -0.506 e. The first-order valence-corrected chi connectivity index (χ1v) is 7.11. The molecular weight excluding hydrogens is 302 g/mol. The molecule has 0 aliphatic rings. The van der Waals surface area contributed by atoms with Gasteiger partial charge < -0.3 is 19.1 Å². The lowest BCUT2D eigenvalue weighted by Crippen LogP contribution is -2.19. The number of carbonyl (C=O) groups is 2. The molecule has 7 heteroatoms. The van der Waals surface area contributed by atoms with Crippen LogP contribution in [0.5, 0.6) is 5.75 Å². The number of carbonyl (C=O) groups excluding carboxylic acids is 2. The van der Waals surface area contributed by atoms with Gasteiger partial charge in [0.2, 0.25) is 0 Å². The number of hydrogen-bond donors (Lipinski definition) is 1. The van der Waals surface area contributed by atoms with E-state index < -0.39 is 23.2 Å². The Bertz CT molecular complexity index is 837. The van der Waals surface area contributed by atoms with E-state index in [0.29, 0.717) is 0 Å². The first-order valence-electron chi connectivity index (χ1n) is 7.11. The minimum absolute atomic E-state index is 0.0915. The van der Waals surface area contributed by atoms with Gasteiger partial charge in [0.05, 0.1) is 13.2 Å². The van der Waals surface area contributed by atoms with Crippen LogP contribution in [0.1, 0.15) is 34.6 Å². The number of benzene rings is 1. The molecule has 2 aromatic rings. The van der Waals surface area contributed by atoms with E-state index in [1.165, 1.54) is 22.9 Å². The molecule has 0 spiro atoms. The van der Waals surface area contributed by atoms with E-state index in [4.69, 9.17) is 9.47 Å². The normalized spacial score (nSPS) is 10.6. The highest BCUT2D eigenvalue weighted by Crippen LogP contribution is 2.31. The number of esters is 2. The summed E-state index contributed by atoms with van der Waals surface area (Å²) in [6, 6.07) is 2.74. The van der Waals surface area contributed by atoms with Crippen molar-refractivity contribution >= 4 is 22.7 Å². The van der Waals surface area contributed by atoms with Crippen LogP contribution in [0.25, 0.3) is 10.8 Å². The zero-order chi connectivity index (χ0) is 17.1. The maximum absolute atomic E-state index is 12.3. The number of aromatic hydroxyl groups is 1. The standard InChI is InChI=1S/C16H17NO6/c1-4-22-15(20)11-8-10-9(6-7-17(3)14(10)19)12(13(11)18)16(21)23-5-2/h6-8,18H,4-5H2,1-3H3. The summed E-state index contributed by atoms with van der Waals surface area (Å²) in [6.07, 6.45) is 1.47. The molecule has 0 aliphatic heterocycles. The Morgan fingerprint density at radius 1 is 1.13 bits per heavy atom. The second kappa shape index (κ2) is 6.51. The predicted octanol–water partition coefficient (Wildman–Crippen LogP) is 1.60. The van der Waals surface area contributed by atoms with E-state index in [0.717, 1.165) is 0 Å². The number of phenolic OH excluding ortho intramolecular Hbond substituents is 1. The highest BCUT2D eigenvalue weighted by Gasteiger charge is 2.25. The van der Waals surface area contributed by atoms with Crippen molar-refractivity contribution in [2.24, 2.45) is 7.05 Å². The smallest absolute Gasteiger partial charge is 0.342 e. The quantitative estimate of drug-likeness (QED) is 0.860. The summed E-state index contributed by atoms with van der Waals surface area (Å²) in [5, 5.41) is 10.7. The van der Waals surface area contributed by atoms with Crippen molar-refractivity contribution in [3.05, 3.63) is 39.8 Å². The topological polar surface area (TPSA) is 94.8 Å². The first-order chi connectivity index (χ1) is 10.9. The maximum atomic E-state index is 12.3. The maximum Gasteiger partial charge on any atom is 0.342 e. The second-order valence-electron chi connectivity index (χ2n) is 4.78. The number of rotatable bonds is 4. The van der Waals surface area contributed by atoms with Crippen molar-refractivity contribution in [3.8, 4) is 5.75 Å². The van der Waals surface area contributed by atoms with E-state index in [2.05, 4.69) is 0 Å². The molecule has 0 aliphatic carbocycles. The fraction of sp³-hybridized carbons (Fsp3) is 0.312. The Balaban J connectivity index is 2.87. The van der Waals surface area contributed by atoms with Gasteiger partial charge in [0.25, 0.3) is 5.56 Å². The Morgan fingerprint density at radius 3 is 2.35 bits per heavy atom. The number of pyridine rings is 1. The highest BCUT2D eigenvalue weighted by atomic mass is 16.5. The molecule has 0 fully saturated rings. The van der Waals surface area contributed by atoms with Crippen LogP contribution in [0.3, 0.4) is 0 Å². The average molecular weight is 319 g/mol. The third kappa shape index (κ3) is 2.90. The molecule has 23 heavy (non-hydrogen) atoms. The molecule has 0 atom stereocenters. The number of aromatic nitrogens is 1. The van der Waals surface area contributed by atoms with Crippen molar-refractivity contribution in [3.63, 3.8) is 0 Å². The SMILES string of the molecule is CCOC(=O)c1cc2c(=O)n(C)ccc2c(C(=O)OCC)c1O. The molecule has 7 nitrogen and oxygen atoms in total. The molecule has 0 saturated carbocycles. The van der Waals surface area contributed by atoms with Gasteiger partial charge in [-0.2, -0.15) is 0 Å². The molecule has 1 N–H and O–H groups in total. The lowest BCUT2D eigenvalue weighted by Gasteiger charge is -2.12. The molecular formula is C16H17NO6. The number of fused-ring (bicyclic) bond motifs is 1. The molecule has 0 unspecified atom stereocenters. The third-order valence-corrected chi connectivity index (χ3v) is 3.33. The lowest BCUT2D eigenvalue weighted by atomic mass is 10.0. The Morgan fingerprint density at radius 2 is 1.74 bits per heavy atom. The second-order valence-corrected chi connectivity index (χ2v) is 4.78. The summed E-state index contributed by atoms with van der Waals surface area (Å²) < 4.78 is 11.1. The highest BCUT2D eigenvalue weighted by molar-refractivity contribution is 6.11. The van der Waals surface area contributed by atoms with Crippen molar-refractivity contribution in [1.82, 2.24) is 4.57 Å². The van der Waals surface area contributed by atoms with Gasteiger partial charge in [0.1, 0.15) is 16.9 Å². The van der Waals surface area contributed by atoms with E-state index >= 15 is 0 Å². The van der Waals surface area contributed by atoms with Crippen molar-refractivity contribution in [1.29, 1.82) is 0 Å². The summed E-state index contributed by atoms with van der Waals surface area (Å²) >= 11 is 0. The average Bonchev–Trinajstić information content (AvgIpc) is 2.51. The molecule has 0 bridgehead atoms. The summed E-state index contributed by atoms with van der Waals surface area (Å²) in [6.45, 7) is 3.42. The van der Waals surface area contributed by atoms with Gasteiger partial charge in [-0.15, -0.1) is 0 Å². The monoisotopic (exact) mass is 319 g/mol. The molecule has 0 radical (unpaired) electrons. The Kier molecular flexibility index (Phi) is 4.68. The number of ether oxygens (including phenoxy) is 2. The first kappa shape index (κ1) is 16.5. The fourth-order valence-electron chi connectivity index (χ4n) is 2.26. The Labute approximate surface area is 132 Å². The van der Waals surface area contributed by atoms with Crippen LogP contribution in [-0.2, 0) is 16.5 Å². The number of nitrogens with zero attached hydrogens (tertiary/aromatic N) is 1. The van der Waals surface area contributed by atoms with Crippen molar-refractivity contribution in [2.45, 2.75) is 13.8 Å². The molecule has 1 aromatic heterocycles. The number of phenols is 1. The van der Waals surface area contributed by atoms with Crippen LogP contribution < -0.4 is 5.56 Å². The van der Waals surface area contributed by atoms with Crippen LogP contribution in [0.4, 0.5) is 0 Å². The third-order valence-electron chi connectivity index (χ3n) is 3.33. The summed E-state index contributed by atoms with van der Waals surface area (Å²) in [5.41, 5.74) is -0.866. The largest absolute Gasteiger partial charge is 0.506 e. The van der Waals surface area contributed by atoms with Gasteiger partial charge in [0, 0.05) is 24.0 Å². The molecule has 122 valence electrons. The Hall–Kier alpha value is -2.83. The minimum atomic E-state index is -0.816. The zero-order valence-corrected chi connectivity index (χ0v) is 13.1. The van der Waals surface area contributed by atoms with Crippen molar-refractivity contribution in [2.75, 3.05) is 13.2 Å².